The Morgan fingerprint density at radius 1 is 1.33 bits per heavy atom. The molecule has 2 fully saturated rings. The average molecular weight is 288 g/mol. The summed E-state index contributed by atoms with van der Waals surface area (Å²) < 4.78 is 5.58. The molecular weight excluding hydrogens is 268 g/mol. The molecule has 1 atom stereocenters. The first-order valence-corrected chi connectivity index (χ1v) is 7.54. The van der Waals surface area contributed by atoms with Gasteiger partial charge >= 0.3 is 0 Å². The highest BCUT2D eigenvalue weighted by Crippen LogP contribution is 2.32. The second-order valence-electron chi connectivity index (χ2n) is 5.61. The van der Waals surface area contributed by atoms with Crippen LogP contribution in [-0.4, -0.2) is 35.4 Å². The number of anilines is 1. The van der Waals surface area contributed by atoms with Crippen molar-refractivity contribution in [1.29, 1.82) is 0 Å². The summed E-state index contributed by atoms with van der Waals surface area (Å²) in [7, 11) is 0. The summed E-state index contributed by atoms with van der Waals surface area (Å²) in [6.07, 6.45) is 3.09. The molecule has 1 saturated carbocycles. The molecule has 1 aromatic rings. The summed E-state index contributed by atoms with van der Waals surface area (Å²) in [5, 5.41) is 3.16. The van der Waals surface area contributed by atoms with E-state index in [1.54, 1.807) is 0 Å². The Kier molecular flexibility index (Phi) is 3.82. The number of amides is 2. The average Bonchev–Trinajstić information content (AvgIpc) is 3.25. The second-order valence-corrected chi connectivity index (χ2v) is 5.61. The van der Waals surface area contributed by atoms with Crippen molar-refractivity contribution < 1.29 is 14.3 Å². The Labute approximate surface area is 124 Å². The standard InChI is InChI=1S/C16H20N2O3/c1-2-8-21-13-5-3-4-11(9-13)17-14-10-15(19)18(16(14)20)12-6-7-12/h3-5,9,12,14,17H,2,6-8,10H2,1H3/t14-/m1/s1. The van der Waals surface area contributed by atoms with Crippen LogP contribution in [0.3, 0.4) is 0 Å². The van der Waals surface area contributed by atoms with Crippen LogP contribution in [0.4, 0.5) is 5.69 Å². The SMILES string of the molecule is CCCOc1cccc(N[C@@H]2CC(=O)N(C3CC3)C2=O)c1. The second kappa shape index (κ2) is 5.76. The van der Waals surface area contributed by atoms with Gasteiger partial charge in [0.25, 0.3) is 5.91 Å². The van der Waals surface area contributed by atoms with E-state index in [-0.39, 0.29) is 24.3 Å². The van der Waals surface area contributed by atoms with Crippen LogP contribution in [0.15, 0.2) is 24.3 Å². The molecule has 0 unspecified atom stereocenters. The van der Waals surface area contributed by atoms with E-state index in [9.17, 15) is 9.59 Å². The molecule has 0 aromatic heterocycles. The van der Waals surface area contributed by atoms with Crippen molar-refractivity contribution in [3.05, 3.63) is 24.3 Å². The smallest absolute Gasteiger partial charge is 0.252 e. The summed E-state index contributed by atoms with van der Waals surface area (Å²) in [4.78, 5) is 25.6. The third-order valence-corrected chi connectivity index (χ3v) is 3.74. The van der Waals surface area contributed by atoms with E-state index < -0.39 is 6.04 Å². The zero-order valence-corrected chi connectivity index (χ0v) is 12.2. The first-order valence-electron chi connectivity index (χ1n) is 7.54. The van der Waals surface area contributed by atoms with Crippen LogP contribution in [0, 0.1) is 0 Å². The summed E-state index contributed by atoms with van der Waals surface area (Å²) in [5.74, 6) is 0.624. The van der Waals surface area contributed by atoms with Gasteiger partial charge in [-0.2, -0.15) is 0 Å². The topological polar surface area (TPSA) is 58.6 Å². The highest BCUT2D eigenvalue weighted by molar-refractivity contribution is 6.07. The number of imide groups is 1. The third kappa shape index (κ3) is 3.01. The van der Waals surface area contributed by atoms with Crippen molar-refractivity contribution >= 4 is 17.5 Å². The molecule has 112 valence electrons. The molecular formula is C16H20N2O3. The minimum atomic E-state index is -0.445. The fourth-order valence-corrected chi connectivity index (χ4v) is 2.58. The van der Waals surface area contributed by atoms with Gasteiger partial charge in [0.2, 0.25) is 5.91 Å². The van der Waals surface area contributed by atoms with E-state index >= 15 is 0 Å². The number of likely N-dealkylation sites (tertiary alicyclic amines) is 1. The van der Waals surface area contributed by atoms with Crippen LogP contribution in [0.1, 0.15) is 32.6 Å². The molecule has 1 heterocycles. The van der Waals surface area contributed by atoms with Gasteiger partial charge in [-0.25, -0.2) is 0 Å². The predicted molar refractivity (Wildman–Crippen MR) is 79.1 cm³/mol. The van der Waals surface area contributed by atoms with Crippen molar-refractivity contribution in [1.82, 2.24) is 4.90 Å². The molecule has 1 aliphatic heterocycles. The normalized spacial score (nSPS) is 21.8. The number of carbonyl (C=O) groups excluding carboxylic acids is 2. The van der Waals surface area contributed by atoms with E-state index in [4.69, 9.17) is 4.74 Å². The first-order chi connectivity index (χ1) is 10.2. The van der Waals surface area contributed by atoms with E-state index in [0.29, 0.717) is 6.61 Å². The van der Waals surface area contributed by atoms with Gasteiger partial charge in [-0.15, -0.1) is 0 Å². The van der Waals surface area contributed by atoms with Gasteiger partial charge in [0.05, 0.1) is 13.0 Å². The van der Waals surface area contributed by atoms with Crippen LogP contribution in [0.25, 0.3) is 0 Å². The van der Waals surface area contributed by atoms with Gasteiger partial charge in [0.1, 0.15) is 11.8 Å². The minimum Gasteiger partial charge on any atom is -0.494 e. The Morgan fingerprint density at radius 2 is 2.14 bits per heavy atom. The molecule has 3 rings (SSSR count). The van der Waals surface area contributed by atoms with E-state index in [2.05, 4.69) is 12.2 Å². The minimum absolute atomic E-state index is 0.0570. The lowest BCUT2D eigenvalue weighted by Crippen LogP contribution is -2.36. The Morgan fingerprint density at radius 3 is 2.86 bits per heavy atom. The number of nitrogens with zero attached hydrogens (tertiary/aromatic N) is 1. The summed E-state index contributed by atoms with van der Waals surface area (Å²) >= 11 is 0. The Balaban J connectivity index is 1.66. The molecule has 0 spiro atoms. The van der Waals surface area contributed by atoms with Gasteiger partial charge in [-0.05, 0) is 31.4 Å². The maximum atomic E-state index is 12.3. The fourth-order valence-electron chi connectivity index (χ4n) is 2.58. The van der Waals surface area contributed by atoms with E-state index in [1.165, 1.54) is 4.90 Å². The van der Waals surface area contributed by atoms with Gasteiger partial charge in [-0.1, -0.05) is 13.0 Å². The van der Waals surface area contributed by atoms with Gasteiger partial charge in [0, 0.05) is 17.8 Å². The largest absolute Gasteiger partial charge is 0.494 e. The number of benzene rings is 1. The molecule has 0 bridgehead atoms. The quantitative estimate of drug-likeness (QED) is 0.815. The molecule has 2 amide bonds. The highest BCUT2D eigenvalue weighted by atomic mass is 16.5. The Hall–Kier alpha value is -2.04. The van der Waals surface area contributed by atoms with Crippen LogP contribution < -0.4 is 10.1 Å². The van der Waals surface area contributed by atoms with E-state index in [0.717, 1.165) is 30.7 Å². The first kappa shape index (κ1) is 13.9. The number of carbonyl (C=O) groups is 2. The molecule has 1 aromatic carbocycles. The number of nitrogens with one attached hydrogen (secondary N) is 1. The van der Waals surface area contributed by atoms with Gasteiger partial charge in [-0.3, -0.25) is 14.5 Å². The summed E-state index contributed by atoms with van der Waals surface area (Å²) in [6, 6.07) is 7.23. The lowest BCUT2D eigenvalue weighted by molar-refractivity contribution is -0.139. The predicted octanol–water partition coefficient (Wildman–Crippen LogP) is 2.18. The maximum Gasteiger partial charge on any atom is 0.252 e. The van der Waals surface area contributed by atoms with Crippen LogP contribution in [-0.2, 0) is 9.59 Å². The zero-order valence-electron chi connectivity index (χ0n) is 12.2. The maximum absolute atomic E-state index is 12.3. The third-order valence-electron chi connectivity index (χ3n) is 3.74. The molecule has 1 saturated heterocycles. The van der Waals surface area contributed by atoms with Gasteiger partial charge < -0.3 is 10.1 Å². The van der Waals surface area contributed by atoms with Crippen molar-refractivity contribution in [2.45, 2.75) is 44.7 Å². The lowest BCUT2D eigenvalue weighted by Gasteiger charge is -2.15. The molecule has 2 aliphatic rings. The van der Waals surface area contributed by atoms with Crippen LogP contribution in [0.2, 0.25) is 0 Å². The number of ether oxygens (including phenoxy) is 1. The number of hydrogen-bond donors (Lipinski definition) is 1. The molecule has 21 heavy (non-hydrogen) atoms. The van der Waals surface area contributed by atoms with Crippen molar-refractivity contribution in [2.24, 2.45) is 0 Å². The van der Waals surface area contributed by atoms with Crippen molar-refractivity contribution in [3.8, 4) is 5.75 Å². The fraction of sp³-hybridized carbons (Fsp3) is 0.500. The molecule has 0 radical (unpaired) electrons. The Bertz CT molecular complexity index is 554. The van der Waals surface area contributed by atoms with Crippen LogP contribution >= 0.6 is 0 Å². The van der Waals surface area contributed by atoms with Crippen molar-refractivity contribution in [2.75, 3.05) is 11.9 Å². The van der Waals surface area contributed by atoms with Gasteiger partial charge in [0.15, 0.2) is 0 Å². The van der Waals surface area contributed by atoms with Crippen LogP contribution in [0.5, 0.6) is 5.75 Å². The number of rotatable bonds is 6. The summed E-state index contributed by atoms with van der Waals surface area (Å²) in [6.45, 7) is 2.72. The van der Waals surface area contributed by atoms with E-state index in [1.807, 2.05) is 24.3 Å². The monoisotopic (exact) mass is 288 g/mol. The molecule has 1 aliphatic carbocycles. The highest BCUT2D eigenvalue weighted by Gasteiger charge is 2.46. The zero-order chi connectivity index (χ0) is 14.8. The number of hydrogen-bond acceptors (Lipinski definition) is 4. The molecule has 5 nitrogen and oxygen atoms in total. The van der Waals surface area contributed by atoms with Crippen molar-refractivity contribution in [3.63, 3.8) is 0 Å². The molecule has 1 N–H and O–H groups in total. The lowest BCUT2D eigenvalue weighted by atomic mass is 10.2. The summed E-state index contributed by atoms with van der Waals surface area (Å²) in [5.41, 5.74) is 0.812. The molecule has 5 heteroatoms.